The predicted molar refractivity (Wildman–Crippen MR) is 130 cm³/mol. The largest absolute Gasteiger partial charge is 0.417 e. The van der Waals surface area contributed by atoms with Gasteiger partial charge in [-0.1, -0.05) is 48.5 Å². The number of sulfonamides is 1. The molecule has 2 amide bonds. The summed E-state index contributed by atoms with van der Waals surface area (Å²) in [5.74, 6) is 3.25. The molecule has 0 fully saturated rings. The van der Waals surface area contributed by atoms with E-state index >= 15 is 0 Å². The van der Waals surface area contributed by atoms with Crippen LogP contribution in [0.2, 0.25) is 0 Å². The fourth-order valence-corrected chi connectivity index (χ4v) is 5.67. The smallest absolute Gasteiger partial charge is 0.271 e. The number of nitrogens with two attached hydrogens (primary N) is 1. The number of imide groups is 1. The lowest BCUT2D eigenvalue weighted by molar-refractivity contribution is -0.139. The number of sulfone groups is 1. The van der Waals surface area contributed by atoms with Crippen LogP contribution in [0.25, 0.3) is 0 Å². The molecule has 0 aromatic heterocycles. The second-order valence-electron chi connectivity index (χ2n) is 8.12. The van der Waals surface area contributed by atoms with Crippen molar-refractivity contribution in [1.29, 1.82) is 0 Å². The van der Waals surface area contributed by atoms with Crippen molar-refractivity contribution in [3.63, 3.8) is 0 Å². The van der Waals surface area contributed by atoms with Gasteiger partial charge in [-0.15, -0.1) is 0 Å². The zero-order chi connectivity index (χ0) is 28.3. The maximum absolute atomic E-state index is 13.6. The normalized spacial score (nSPS) is 12.4. The van der Waals surface area contributed by atoms with Gasteiger partial charge in [-0.3, -0.25) is 9.59 Å². The van der Waals surface area contributed by atoms with Gasteiger partial charge in [0.05, 0.1) is 21.9 Å². The van der Waals surface area contributed by atoms with Crippen LogP contribution in [0, 0.1) is 0 Å². The summed E-state index contributed by atoms with van der Waals surface area (Å²) in [6.45, 7) is -1.59. The van der Waals surface area contributed by atoms with E-state index in [1.807, 2.05) is 0 Å². The van der Waals surface area contributed by atoms with Crippen LogP contribution in [-0.2, 0) is 37.4 Å². The molecule has 3 aromatic rings. The van der Waals surface area contributed by atoms with Crippen LogP contribution >= 0.6 is 0 Å². The quantitative estimate of drug-likeness (QED) is 0.250. The highest BCUT2D eigenvalue weighted by Crippen LogP contribution is 2.35. The highest BCUT2D eigenvalue weighted by molar-refractivity contribution is 7.90. The highest BCUT2D eigenvalue weighted by atomic mass is 32.2. The van der Waals surface area contributed by atoms with Gasteiger partial charge in [0.2, 0.25) is 10.0 Å². The molecule has 0 aliphatic heterocycles. The van der Waals surface area contributed by atoms with E-state index in [1.165, 1.54) is 30.3 Å². The number of hydrogen-bond acceptors (Lipinski definition) is 7. The van der Waals surface area contributed by atoms with E-state index in [1.54, 1.807) is 18.2 Å². The topological polar surface area (TPSA) is 135 Å². The summed E-state index contributed by atoms with van der Waals surface area (Å²) < 4.78 is 91.7. The number of carbonyl (C=O) groups excluding carboxylic acids is 2. The molecule has 0 radical (unpaired) electrons. The van der Waals surface area contributed by atoms with Crippen LogP contribution in [0.3, 0.4) is 0 Å². The van der Waals surface area contributed by atoms with Crippen molar-refractivity contribution in [2.45, 2.75) is 22.5 Å². The Kier molecular flexibility index (Phi) is 8.41. The fourth-order valence-electron chi connectivity index (χ4n) is 3.42. The first-order chi connectivity index (χ1) is 17.6. The van der Waals surface area contributed by atoms with E-state index in [-0.39, 0.29) is 15.5 Å². The average Bonchev–Trinajstić information content (AvgIpc) is 2.87. The zero-order valence-electron chi connectivity index (χ0n) is 19.8. The Hall–Kier alpha value is -3.59. The van der Waals surface area contributed by atoms with Gasteiger partial charge < -0.3 is 0 Å². The number of rotatable bonds is 8. The standard InChI is InChI=1S/C24H22F3N3O6S2/c1-37(33,34)19-11-7-10-18(14-19)23(32)30(28)22(31)16-29(15-17-8-3-2-4-9-17)38(35,36)21-13-6-5-12-20(21)24(25,26)27/h2-14H,15-16,28H2,1H3. The van der Waals surface area contributed by atoms with Gasteiger partial charge in [-0.05, 0) is 35.9 Å². The number of nitrogens with zero attached hydrogens (tertiary/aromatic N) is 2. The molecule has 0 aliphatic carbocycles. The maximum atomic E-state index is 13.6. The minimum absolute atomic E-state index is 0.0879. The monoisotopic (exact) mass is 569 g/mol. The first-order valence-electron chi connectivity index (χ1n) is 10.7. The minimum atomic E-state index is -5.01. The molecule has 0 saturated heterocycles. The van der Waals surface area contributed by atoms with Gasteiger partial charge in [0.25, 0.3) is 11.8 Å². The Morgan fingerprint density at radius 2 is 1.47 bits per heavy atom. The SMILES string of the molecule is CS(=O)(=O)c1cccc(C(=O)N(N)C(=O)CN(Cc2ccccc2)S(=O)(=O)c2ccccc2C(F)(F)F)c1. The van der Waals surface area contributed by atoms with Crippen molar-refractivity contribution in [2.75, 3.05) is 12.8 Å². The number of hydrogen-bond donors (Lipinski definition) is 1. The van der Waals surface area contributed by atoms with Crippen molar-refractivity contribution in [3.8, 4) is 0 Å². The molecule has 3 aromatic carbocycles. The summed E-state index contributed by atoms with van der Waals surface area (Å²) in [4.78, 5) is 24.4. The number of amides is 2. The van der Waals surface area contributed by atoms with Crippen LogP contribution in [0.1, 0.15) is 21.5 Å². The fraction of sp³-hybridized carbons (Fsp3) is 0.167. The highest BCUT2D eigenvalue weighted by Gasteiger charge is 2.39. The van der Waals surface area contributed by atoms with Crippen molar-refractivity contribution >= 4 is 31.7 Å². The molecular weight excluding hydrogens is 547 g/mol. The molecule has 14 heteroatoms. The summed E-state index contributed by atoms with van der Waals surface area (Å²) in [5, 5.41) is 0.0879. The van der Waals surface area contributed by atoms with Crippen molar-refractivity contribution in [1.82, 2.24) is 9.31 Å². The van der Waals surface area contributed by atoms with E-state index in [4.69, 9.17) is 5.84 Å². The van der Waals surface area contributed by atoms with Crippen molar-refractivity contribution < 1.29 is 39.6 Å². The molecule has 2 N–H and O–H groups in total. The molecule has 202 valence electrons. The molecule has 0 unspecified atom stereocenters. The average molecular weight is 570 g/mol. The van der Waals surface area contributed by atoms with E-state index in [9.17, 15) is 39.6 Å². The van der Waals surface area contributed by atoms with Crippen LogP contribution in [-0.4, -0.2) is 50.8 Å². The second kappa shape index (κ2) is 11.0. The lowest BCUT2D eigenvalue weighted by Gasteiger charge is -2.25. The zero-order valence-corrected chi connectivity index (χ0v) is 21.4. The second-order valence-corrected chi connectivity index (χ2v) is 12.0. The summed E-state index contributed by atoms with van der Waals surface area (Å²) >= 11 is 0. The molecule has 0 aliphatic rings. The number of carbonyl (C=O) groups is 2. The molecule has 0 bridgehead atoms. The van der Waals surface area contributed by atoms with Gasteiger partial charge in [-0.25, -0.2) is 27.7 Å². The Bertz CT molecular complexity index is 1560. The Morgan fingerprint density at radius 1 is 0.868 bits per heavy atom. The van der Waals surface area contributed by atoms with Crippen LogP contribution < -0.4 is 5.84 Å². The van der Waals surface area contributed by atoms with Gasteiger partial charge in [0.1, 0.15) is 0 Å². The summed E-state index contributed by atoms with van der Waals surface area (Å²) in [6.07, 6.45) is -4.10. The van der Waals surface area contributed by atoms with Gasteiger partial charge in [-0.2, -0.15) is 17.5 Å². The van der Waals surface area contributed by atoms with E-state index < -0.39 is 61.4 Å². The molecule has 3 rings (SSSR count). The number of benzene rings is 3. The van der Waals surface area contributed by atoms with Gasteiger partial charge in [0.15, 0.2) is 9.84 Å². The molecule has 0 atom stereocenters. The van der Waals surface area contributed by atoms with E-state index in [0.717, 1.165) is 30.5 Å². The molecule has 0 saturated carbocycles. The van der Waals surface area contributed by atoms with E-state index in [0.29, 0.717) is 15.9 Å². The van der Waals surface area contributed by atoms with Gasteiger partial charge in [0, 0.05) is 18.4 Å². The maximum Gasteiger partial charge on any atom is 0.417 e. The Balaban J connectivity index is 1.98. The Morgan fingerprint density at radius 3 is 2.08 bits per heavy atom. The molecular formula is C24H22F3N3O6S2. The van der Waals surface area contributed by atoms with Crippen LogP contribution in [0.15, 0.2) is 88.7 Å². The van der Waals surface area contributed by atoms with E-state index in [2.05, 4.69) is 0 Å². The molecule has 38 heavy (non-hydrogen) atoms. The number of hydrazine groups is 1. The third-order valence-electron chi connectivity index (χ3n) is 5.32. The van der Waals surface area contributed by atoms with Gasteiger partial charge >= 0.3 is 6.18 Å². The number of alkyl halides is 3. The first-order valence-corrected chi connectivity index (χ1v) is 14.1. The lowest BCUT2D eigenvalue weighted by Crippen LogP contribution is -2.48. The molecule has 0 heterocycles. The lowest BCUT2D eigenvalue weighted by atomic mass is 10.2. The van der Waals surface area contributed by atoms with Crippen molar-refractivity contribution in [3.05, 3.63) is 95.6 Å². The summed E-state index contributed by atoms with van der Waals surface area (Å²) in [5.41, 5.74) is -1.35. The first kappa shape index (κ1) is 29.0. The third-order valence-corrected chi connectivity index (χ3v) is 8.28. The predicted octanol–water partition coefficient (Wildman–Crippen LogP) is 2.84. The minimum Gasteiger partial charge on any atom is -0.271 e. The Labute approximate surface area is 217 Å². The van der Waals surface area contributed by atoms with Crippen molar-refractivity contribution in [2.24, 2.45) is 5.84 Å². The summed E-state index contributed by atoms with van der Waals surface area (Å²) in [7, 11) is -8.64. The van der Waals surface area contributed by atoms with Crippen LogP contribution in [0.5, 0.6) is 0 Å². The van der Waals surface area contributed by atoms with Crippen LogP contribution in [0.4, 0.5) is 13.2 Å². The third kappa shape index (κ3) is 6.64. The number of halogens is 3. The summed E-state index contributed by atoms with van der Waals surface area (Å²) in [6, 6.07) is 15.9. The molecule has 9 nitrogen and oxygen atoms in total. The molecule has 0 spiro atoms.